The molecule has 0 bridgehead atoms. The molecule has 100 valence electrons. The summed E-state index contributed by atoms with van der Waals surface area (Å²) < 4.78 is 1.77. The molecule has 0 aliphatic carbocycles. The van der Waals surface area contributed by atoms with Gasteiger partial charge in [-0.1, -0.05) is 6.07 Å². The number of nitro groups is 1. The summed E-state index contributed by atoms with van der Waals surface area (Å²) in [5.41, 5.74) is 6.15. The van der Waals surface area contributed by atoms with E-state index in [2.05, 4.69) is 15.2 Å². The summed E-state index contributed by atoms with van der Waals surface area (Å²) in [4.78, 5) is 14.3. The van der Waals surface area contributed by atoms with Crippen molar-refractivity contribution < 1.29 is 4.92 Å². The van der Waals surface area contributed by atoms with Crippen LogP contribution in [-0.2, 0) is 0 Å². The number of nitrogens with two attached hydrogens (primary N) is 1. The molecule has 3 rings (SSSR count). The number of fused-ring (bicyclic) bond motifs is 1. The van der Waals surface area contributed by atoms with Crippen molar-refractivity contribution in [2.24, 2.45) is 0 Å². The second-order valence-electron chi connectivity index (χ2n) is 3.86. The van der Waals surface area contributed by atoms with Gasteiger partial charge in [-0.05, 0) is 23.9 Å². The second kappa shape index (κ2) is 4.78. The molecule has 2 N–H and O–H groups in total. The highest BCUT2D eigenvalue weighted by Gasteiger charge is 2.13. The summed E-state index contributed by atoms with van der Waals surface area (Å²) in [7, 11) is 0. The minimum atomic E-state index is -0.510. The number of pyridine rings is 2. The van der Waals surface area contributed by atoms with E-state index in [4.69, 9.17) is 5.73 Å². The van der Waals surface area contributed by atoms with Gasteiger partial charge in [0.15, 0.2) is 5.65 Å². The summed E-state index contributed by atoms with van der Waals surface area (Å²) in [5.74, 6) is 0.0931. The highest BCUT2D eigenvalue weighted by atomic mass is 32.2. The van der Waals surface area contributed by atoms with Gasteiger partial charge in [-0.25, -0.2) is 4.98 Å². The summed E-state index contributed by atoms with van der Waals surface area (Å²) in [5, 5.41) is 19.8. The zero-order valence-electron chi connectivity index (χ0n) is 10.0. The van der Waals surface area contributed by atoms with Gasteiger partial charge < -0.3 is 5.73 Å². The van der Waals surface area contributed by atoms with E-state index >= 15 is 0 Å². The number of anilines is 1. The van der Waals surface area contributed by atoms with E-state index < -0.39 is 4.92 Å². The van der Waals surface area contributed by atoms with Crippen LogP contribution in [0.2, 0.25) is 0 Å². The molecule has 3 heterocycles. The third-order valence-electron chi connectivity index (χ3n) is 2.50. The van der Waals surface area contributed by atoms with E-state index in [-0.39, 0.29) is 11.5 Å². The van der Waals surface area contributed by atoms with Crippen molar-refractivity contribution in [3.63, 3.8) is 0 Å². The first-order valence-corrected chi connectivity index (χ1v) is 6.35. The van der Waals surface area contributed by atoms with Gasteiger partial charge >= 0.3 is 0 Å². The van der Waals surface area contributed by atoms with E-state index in [1.807, 2.05) is 18.2 Å². The van der Waals surface area contributed by atoms with Crippen LogP contribution in [0.15, 0.2) is 46.7 Å². The fourth-order valence-corrected chi connectivity index (χ4v) is 2.50. The normalized spacial score (nSPS) is 10.8. The number of aromatic nitrogens is 4. The first kappa shape index (κ1) is 12.4. The van der Waals surface area contributed by atoms with Crippen molar-refractivity contribution in [3.05, 3.63) is 46.6 Å². The fraction of sp³-hybridized carbons (Fsp3) is 0. The zero-order valence-corrected chi connectivity index (χ0v) is 10.8. The molecule has 0 saturated carbocycles. The fourth-order valence-electron chi connectivity index (χ4n) is 1.65. The summed E-state index contributed by atoms with van der Waals surface area (Å²) in [6, 6.07) is 8.07. The van der Waals surface area contributed by atoms with Gasteiger partial charge in [-0.2, -0.15) is 0 Å². The lowest BCUT2D eigenvalue weighted by atomic mass is 10.4. The van der Waals surface area contributed by atoms with Crippen molar-refractivity contribution in [1.82, 2.24) is 19.6 Å². The van der Waals surface area contributed by atoms with Crippen molar-refractivity contribution in [2.45, 2.75) is 10.2 Å². The van der Waals surface area contributed by atoms with Gasteiger partial charge in [0.2, 0.25) is 5.16 Å². The number of hydrogen-bond donors (Lipinski definition) is 1. The van der Waals surface area contributed by atoms with Crippen LogP contribution in [-0.4, -0.2) is 24.5 Å². The lowest BCUT2D eigenvalue weighted by molar-refractivity contribution is -0.385. The predicted octanol–water partition coefficient (Wildman–Crippen LogP) is 1.77. The van der Waals surface area contributed by atoms with E-state index in [9.17, 15) is 10.1 Å². The van der Waals surface area contributed by atoms with Crippen LogP contribution in [0.25, 0.3) is 5.65 Å². The molecule has 3 aromatic rings. The largest absolute Gasteiger partial charge is 0.383 e. The number of hydrogen-bond acceptors (Lipinski definition) is 7. The van der Waals surface area contributed by atoms with Crippen LogP contribution < -0.4 is 5.73 Å². The molecule has 0 saturated heterocycles. The van der Waals surface area contributed by atoms with Gasteiger partial charge in [0.25, 0.3) is 5.69 Å². The third-order valence-corrected chi connectivity index (χ3v) is 3.37. The molecule has 20 heavy (non-hydrogen) atoms. The first-order chi connectivity index (χ1) is 9.63. The summed E-state index contributed by atoms with van der Waals surface area (Å²) in [6.45, 7) is 0. The molecule has 0 aliphatic heterocycles. The van der Waals surface area contributed by atoms with Gasteiger partial charge in [0.1, 0.15) is 10.8 Å². The molecule has 3 aromatic heterocycles. The molecule has 0 unspecified atom stereocenters. The maximum Gasteiger partial charge on any atom is 0.275 e. The number of nitrogens with zero attached hydrogens (tertiary/aromatic N) is 5. The van der Waals surface area contributed by atoms with Crippen LogP contribution in [0, 0.1) is 10.1 Å². The molecule has 0 spiro atoms. The number of nitrogen functional groups attached to an aromatic ring is 1. The van der Waals surface area contributed by atoms with Gasteiger partial charge in [-0.3, -0.25) is 14.5 Å². The Labute approximate surface area is 116 Å². The standard InChI is InChI=1S/C11H8N6O2S/c12-8-5-7(17(18)19)6-10(13-8)20-11-15-14-9-3-1-2-4-16(9)11/h1-6H,(H2,12,13). The van der Waals surface area contributed by atoms with E-state index in [0.29, 0.717) is 15.8 Å². The average Bonchev–Trinajstić information content (AvgIpc) is 2.82. The highest BCUT2D eigenvalue weighted by molar-refractivity contribution is 7.99. The Morgan fingerprint density at radius 2 is 2.15 bits per heavy atom. The van der Waals surface area contributed by atoms with Crippen molar-refractivity contribution in [2.75, 3.05) is 5.73 Å². The van der Waals surface area contributed by atoms with E-state index in [1.165, 1.54) is 12.1 Å². The minimum Gasteiger partial charge on any atom is -0.383 e. The van der Waals surface area contributed by atoms with E-state index in [1.54, 1.807) is 10.6 Å². The summed E-state index contributed by atoms with van der Waals surface area (Å²) in [6.07, 6.45) is 1.80. The van der Waals surface area contributed by atoms with Crippen molar-refractivity contribution in [3.8, 4) is 0 Å². The second-order valence-corrected chi connectivity index (χ2v) is 4.85. The molecular weight excluding hydrogens is 280 g/mol. The maximum atomic E-state index is 10.8. The van der Waals surface area contributed by atoms with Gasteiger partial charge in [0, 0.05) is 12.3 Å². The Morgan fingerprint density at radius 1 is 1.30 bits per heavy atom. The van der Waals surface area contributed by atoms with Crippen molar-refractivity contribution >= 4 is 28.9 Å². The Morgan fingerprint density at radius 3 is 2.95 bits per heavy atom. The Bertz CT molecular complexity index is 802. The first-order valence-electron chi connectivity index (χ1n) is 5.53. The van der Waals surface area contributed by atoms with Crippen LogP contribution in [0.4, 0.5) is 11.5 Å². The monoisotopic (exact) mass is 288 g/mol. The maximum absolute atomic E-state index is 10.8. The van der Waals surface area contributed by atoms with Crippen molar-refractivity contribution in [1.29, 1.82) is 0 Å². The molecule has 0 amide bonds. The van der Waals surface area contributed by atoms with Gasteiger partial charge in [-0.15, -0.1) is 10.2 Å². The quantitative estimate of drug-likeness (QED) is 0.577. The van der Waals surface area contributed by atoms with Crippen LogP contribution in [0.3, 0.4) is 0 Å². The highest BCUT2D eigenvalue weighted by Crippen LogP contribution is 2.28. The molecule has 0 aliphatic rings. The predicted molar refractivity (Wildman–Crippen MR) is 72.4 cm³/mol. The van der Waals surface area contributed by atoms with Gasteiger partial charge in [0.05, 0.1) is 11.0 Å². The molecule has 0 aromatic carbocycles. The molecule has 8 nitrogen and oxygen atoms in total. The lowest BCUT2D eigenvalue weighted by Crippen LogP contribution is -1.96. The van der Waals surface area contributed by atoms with Crippen LogP contribution >= 0.6 is 11.8 Å². The smallest absolute Gasteiger partial charge is 0.275 e. The number of rotatable bonds is 3. The van der Waals surface area contributed by atoms with Crippen LogP contribution in [0.5, 0.6) is 0 Å². The Balaban J connectivity index is 2.00. The SMILES string of the molecule is Nc1cc([N+](=O)[O-])cc(Sc2nnc3ccccn23)n1. The molecular formula is C11H8N6O2S. The zero-order chi connectivity index (χ0) is 14.1. The minimum absolute atomic E-state index is 0.0931. The lowest BCUT2D eigenvalue weighted by Gasteiger charge is -2.01. The molecule has 0 fully saturated rings. The molecule has 0 atom stereocenters. The van der Waals surface area contributed by atoms with Crippen LogP contribution in [0.1, 0.15) is 0 Å². The molecule has 0 radical (unpaired) electrons. The topological polar surface area (TPSA) is 112 Å². The Hall–Kier alpha value is -2.68. The third kappa shape index (κ3) is 2.26. The molecule has 9 heteroatoms. The average molecular weight is 288 g/mol. The van der Waals surface area contributed by atoms with E-state index in [0.717, 1.165) is 11.8 Å². The Kier molecular flexibility index (Phi) is 2.95. The summed E-state index contributed by atoms with van der Waals surface area (Å²) >= 11 is 1.16.